The first-order valence-electron chi connectivity index (χ1n) is 3.54. The van der Waals surface area contributed by atoms with Crippen molar-refractivity contribution in [1.82, 2.24) is 4.98 Å². The van der Waals surface area contributed by atoms with Crippen LogP contribution >= 0.6 is 0 Å². The SMILES string of the molecule is Nc1nc(F)cc(C(F)(F)F)c1C(F)F. The molecule has 0 fully saturated rings. The first-order valence-corrected chi connectivity index (χ1v) is 3.54. The maximum absolute atomic E-state index is 12.5. The molecule has 0 spiro atoms. The number of aromatic nitrogens is 1. The summed E-state index contributed by atoms with van der Waals surface area (Å²) in [5.74, 6) is -2.71. The summed E-state index contributed by atoms with van der Waals surface area (Å²) >= 11 is 0. The molecule has 0 amide bonds. The molecule has 0 bridgehead atoms. The molecule has 2 nitrogen and oxygen atoms in total. The van der Waals surface area contributed by atoms with Crippen LogP contribution in [0.3, 0.4) is 0 Å². The molecule has 0 aliphatic carbocycles. The Labute approximate surface area is 79.7 Å². The molecule has 15 heavy (non-hydrogen) atoms. The van der Waals surface area contributed by atoms with E-state index >= 15 is 0 Å². The predicted molar refractivity (Wildman–Crippen MR) is 38.6 cm³/mol. The van der Waals surface area contributed by atoms with Crippen LogP contribution in [-0.4, -0.2) is 4.98 Å². The zero-order chi connectivity index (χ0) is 11.8. The number of nitrogens with two attached hydrogens (primary N) is 1. The number of alkyl halides is 5. The second kappa shape index (κ2) is 3.59. The van der Waals surface area contributed by atoms with Crippen LogP contribution in [-0.2, 0) is 6.18 Å². The number of nitrogen functional groups attached to an aromatic ring is 1. The van der Waals surface area contributed by atoms with E-state index in [9.17, 15) is 26.3 Å². The third-order valence-electron chi connectivity index (χ3n) is 1.58. The molecule has 8 heteroatoms. The van der Waals surface area contributed by atoms with Crippen molar-refractivity contribution in [3.05, 3.63) is 23.1 Å². The van der Waals surface area contributed by atoms with E-state index in [2.05, 4.69) is 4.98 Å². The zero-order valence-electron chi connectivity index (χ0n) is 6.95. The van der Waals surface area contributed by atoms with E-state index < -0.39 is 35.5 Å². The Hall–Kier alpha value is -1.47. The molecule has 0 unspecified atom stereocenters. The standard InChI is InChI=1S/C7H4F6N2/c8-3-1-2(7(11,12)13)4(5(9)10)6(14)15-3/h1,5H,(H2,14,15). The van der Waals surface area contributed by atoms with Gasteiger partial charge >= 0.3 is 6.18 Å². The molecule has 0 aliphatic heterocycles. The summed E-state index contributed by atoms with van der Waals surface area (Å²) in [5.41, 5.74) is 1.49. The number of rotatable bonds is 1. The minimum absolute atomic E-state index is 0.113. The molecule has 0 saturated carbocycles. The second-order valence-corrected chi connectivity index (χ2v) is 2.59. The molecule has 84 valence electrons. The average molecular weight is 230 g/mol. The Bertz CT molecular complexity index is 372. The van der Waals surface area contributed by atoms with Gasteiger partial charge in [-0.15, -0.1) is 0 Å². The minimum Gasteiger partial charge on any atom is -0.383 e. The number of hydrogen-bond donors (Lipinski definition) is 1. The van der Waals surface area contributed by atoms with Gasteiger partial charge in [0.15, 0.2) is 0 Å². The normalized spacial score (nSPS) is 12.2. The van der Waals surface area contributed by atoms with Crippen molar-refractivity contribution < 1.29 is 26.3 Å². The highest BCUT2D eigenvalue weighted by molar-refractivity contribution is 5.46. The van der Waals surface area contributed by atoms with Crippen LogP contribution < -0.4 is 5.73 Å². The average Bonchev–Trinajstić information content (AvgIpc) is 1.99. The fraction of sp³-hybridized carbons (Fsp3) is 0.286. The summed E-state index contributed by atoms with van der Waals surface area (Å²) < 4.78 is 73.4. The molecule has 1 heterocycles. The molecule has 0 radical (unpaired) electrons. The number of pyridine rings is 1. The molecule has 0 saturated heterocycles. The maximum Gasteiger partial charge on any atom is 0.417 e. The lowest BCUT2D eigenvalue weighted by atomic mass is 10.1. The molecular weight excluding hydrogens is 226 g/mol. The summed E-state index contributed by atoms with van der Waals surface area (Å²) in [6.07, 6.45) is -8.56. The van der Waals surface area contributed by atoms with Crippen molar-refractivity contribution in [2.24, 2.45) is 0 Å². The summed E-state index contributed by atoms with van der Waals surface area (Å²) in [6.45, 7) is 0. The molecule has 0 aromatic carbocycles. The van der Waals surface area contributed by atoms with Gasteiger partial charge in [0, 0.05) is 6.07 Å². The van der Waals surface area contributed by atoms with Gasteiger partial charge < -0.3 is 5.73 Å². The van der Waals surface area contributed by atoms with E-state index in [0.717, 1.165) is 0 Å². The third-order valence-corrected chi connectivity index (χ3v) is 1.58. The zero-order valence-corrected chi connectivity index (χ0v) is 6.95. The fourth-order valence-electron chi connectivity index (χ4n) is 1.01. The maximum atomic E-state index is 12.5. The van der Waals surface area contributed by atoms with Gasteiger partial charge in [0.1, 0.15) is 5.82 Å². The van der Waals surface area contributed by atoms with E-state index in [0.29, 0.717) is 0 Å². The first kappa shape index (κ1) is 11.6. The highest BCUT2D eigenvalue weighted by Gasteiger charge is 2.38. The summed E-state index contributed by atoms with van der Waals surface area (Å²) in [4.78, 5) is 2.70. The number of nitrogens with zero attached hydrogens (tertiary/aromatic N) is 1. The lowest BCUT2D eigenvalue weighted by Crippen LogP contribution is -2.14. The van der Waals surface area contributed by atoms with E-state index in [-0.39, 0.29) is 6.07 Å². The molecule has 0 aliphatic rings. The van der Waals surface area contributed by atoms with Gasteiger partial charge in [-0.3, -0.25) is 0 Å². The van der Waals surface area contributed by atoms with Crippen molar-refractivity contribution in [3.8, 4) is 0 Å². The second-order valence-electron chi connectivity index (χ2n) is 2.59. The van der Waals surface area contributed by atoms with E-state index in [1.165, 1.54) is 0 Å². The Morgan fingerprint density at radius 3 is 2.20 bits per heavy atom. The topological polar surface area (TPSA) is 38.9 Å². The van der Waals surface area contributed by atoms with E-state index in [1.807, 2.05) is 0 Å². The van der Waals surface area contributed by atoms with E-state index in [1.54, 1.807) is 0 Å². The lowest BCUT2D eigenvalue weighted by Gasteiger charge is -2.13. The lowest BCUT2D eigenvalue weighted by molar-refractivity contribution is -0.139. The van der Waals surface area contributed by atoms with Gasteiger partial charge in [-0.2, -0.15) is 17.6 Å². The van der Waals surface area contributed by atoms with Crippen molar-refractivity contribution in [2.45, 2.75) is 12.6 Å². The Balaban J connectivity index is 3.47. The quantitative estimate of drug-likeness (QED) is 0.595. The van der Waals surface area contributed by atoms with Crippen molar-refractivity contribution in [1.29, 1.82) is 0 Å². The summed E-state index contributed by atoms with van der Waals surface area (Å²) in [7, 11) is 0. The van der Waals surface area contributed by atoms with Gasteiger partial charge in [0.25, 0.3) is 6.43 Å². The van der Waals surface area contributed by atoms with Gasteiger partial charge in [-0.05, 0) is 0 Å². The molecule has 1 aromatic heterocycles. The molecule has 2 N–H and O–H groups in total. The van der Waals surface area contributed by atoms with Crippen LogP contribution in [0.2, 0.25) is 0 Å². The van der Waals surface area contributed by atoms with Gasteiger partial charge in [-0.1, -0.05) is 0 Å². The Morgan fingerprint density at radius 1 is 1.27 bits per heavy atom. The van der Waals surface area contributed by atoms with Crippen LogP contribution in [0.4, 0.5) is 32.2 Å². The Morgan fingerprint density at radius 2 is 1.80 bits per heavy atom. The number of anilines is 1. The van der Waals surface area contributed by atoms with Crippen LogP contribution in [0.25, 0.3) is 0 Å². The molecule has 1 aromatic rings. The molecule has 1 rings (SSSR count). The van der Waals surface area contributed by atoms with Gasteiger partial charge in [0.05, 0.1) is 11.1 Å². The van der Waals surface area contributed by atoms with Gasteiger partial charge in [-0.25, -0.2) is 13.8 Å². The minimum atomic E-state index is -5.09. The summed E-state index contributed by atoms with van der Waals surface area (Å²) in [5, 5.41) is 0. The van der Waals surface area contributed by atoms with Gasteiger partial charge in [0.2, 0.25) is 5.95 Å². The monoisotopic (exact) mass is 230 g/mol. The first-order chi connectivity index (χ1) is 6.73. The third kappa shape index (κ3) is 2.31. The Kier molecular flexibility index (Phi) is 2.78. The van der Waals surface area contributed by atoms with Crippen LogP contribution in [0.5, 0.6) is 0 Å². The molecular formula is C7H4F6N2. The van der Waals surface area contributed by atoms with Crippen LogP contribution in [0.15, 0.2) is 6.07 Å². The van der Waals surface area contributed by atoms with Crippen LogP contribution in [0, 0.1) is 5.95 Å². The van der Waals surface area contributed by atoms with Crippen molar-refractivity contribution >= 4 is 5.82 Å². The molecule has 0 atom stereocenters. The van der Waals surface area contributed by atoms with Crippen LogP contribution in [0.1, 0.15) is 17.6 Å². The largest absolute Gasteiger partial charge is 0.417 e. The smallest absolute Gasteiger partial charge is 0.383 e. The summed E-state index contributed by atoms with van der Waals surface area (Å²) in [6, 6.07) is -0.113. The fourth-order valence-corrected chi connectivity index (χ4v) is 1.01. The van der Waals surface area contributed by atoms with Crippen molar-refractivity contribution in [2.75, 3.05) is 5.73 Å². The van der Waals surface area contributed by atoms with E-state index in [4.69, 9.17) is 5.73 Å². The highest BCUT2D eigenvalue weighted by atomic mass is 19.4. The predicted octanol–water partition coefficient (Wildman–Crippen LogP) is 2.76. The van der Waals surface area contributed by atoms with Crippen molar-refractivity contribution in [3.63, 3.8) is 0 Å². The number of hydrogen-bond acceptors (Lipinski definition) is 2. The number of halogens is 6. The highest BCUT2D eigenvalue weighted by Crippen LogP contribution is 2.38.